The van der Waals surface area contributed by atoms with Crippen LogP contribution in [0.15, 0.2) is 18.2 Å². The summed E-state index contributed by atoms with van der Waals surface area (Å²) < 4.78 is 32.4. The molecule has 1 aromatic rings. The predicted molar refractivity (Wildman–Crippen MR) is 72.4 cm³/mol. The largest absolute Gasteiger partial charge is 0.369 e. The van der Waals surface area contributed by atoms with Crippen molar-refractivity contribution in [1.82, 2.24) is 0 Å². The van der Waals surface area contributed by atoms with E-state index in [4.69, 9.17) is 4.74 Å². The normalized spacial score (nSPS) is 23.8. The first-order valence-corrected chi connectivity index (χ1v) is 6.77. The molecule has 1 atom stereocenters. The fourth-order valence-corrected chi connectivity index (χ4v) is 3.04. The van der Waals surface area contributed by atoms with E-state index in [2.05, 4.69) is 0 Å². The van der Waals surface area contributed by atoms with Crippen LogP contribution in [0.4, 0.5) is 8.78 Å². The summed E-state index contributed by atoms with van der Waals surface area (Å²) in [5, 5.41) is 0. The van der Waals surface area contributed by atoms with Gasteiger partial charge in [-0.2, -0.15) is 0 Å². The van der Waals surface area contributed by atoms with Crippen LogP contribution in [-0.2, 0) is 16.0 Å². The van der Waals surface area contributed by atoms with Gasteiger partial charge in [-0.1, -0.05) is 6.07 Å². The quantitative estimate of drug-likeness (QED) is 0.845. The van der Waals surface area contributed by atoms with E-state index < -0.39 is 17.2 Å². The Bertz CT molecular complexity index is 535. The highest BCUT2D eigenvalue weighted by atomic mass is 19.1. The molecule has 0 saturated carbocycles. The molecule has 1 fully saturated rings. The molecular weight excluding hydrogens is 262 g/mol. The maximum Gasteiger partial charge on any atom is 0.143 e. The molecule has 0 amide bonds. The first kappa shape index (κ1) is 15.1. The molecule has 0 N–H and O–H groups in total. The molecule has 1 saturated heterocycles. The van der Waals surface area contributed by atoms with Crippen molar-refractivity contribution in [2.45, 2.75) is 51.7 Å². The van der Waals surface area contributed by atoms with Crippen molar-refractivity contribution in [2.24, 2.45) is 5.92 Å². The van der Waals surface area contributed by atoms with Crippen molar-refractivity contribution in [1.29, 1.82) is 0 Å². The molecule has 1 aromatic carbocycles. The minimum Gasteiger partial charge on any atom is -0.369 e. The summed E-state index contributed by atoms with van der Waals surface area (Å²) in [4.78, 5) is 12.4. The zero-order chi connectivity index (χ0) is 15.1. The van der Waals surface area contributed by atoms with Gasteiger partial charge < -0.3 is 4.74 Å². The first-order chi connectivity index (χ1) is 9.11. The van der Waals surface area contributed by atoms with Gasteiger partial charge in [0.25, 0.3) is 0 Å². The highest BCUT2D eigenvalue weighted by molar-refractivity contribution is 5.84. The van der Waals surface area contributed by atoms with E-state index in [1.165, 1.54) is 12.1 Å². The van der Waals surface area contributed by atoms with E-state index in [0.29, 0.717) is 6.42 Å². The monoisotopic (exact) mass is 282 g/mol. The average molecular weight is 282 g/mol. The highest BCUT2D eigenvalue weighted by Gasteiger charge is 2.48. The molecule has 1 aliphatic rings. The third kappa shape index (κ3) is 3.06. The third-order valence-corrected chi connectivity index (χ3v) is 3.84. The molecule has 0 radical (unpaired) electrons. The summed E-state index contributed by atoms with van der Waals surface area (Å²) >= 11 is 0. The fraction of sp³-hybridized carbons (Fsp3) is 0.562. The number of Topliss-reactive ketones (excluding diaryl/α,β-unsaturated/α-hetero) is 1. The van der Waals surface area contributed by atoms with Crippen molar-refractivity contribution in [3.63, 3.8) is 0 Å². The van der Waals surface area contributed by atoms with E-state index in [1.54, 1.807) is 0 Å². The Labute approximate surface area is 118 Å². The summed E-state index contributed by atoms with van der Waals surface area (Å²) in [6.07, 6.45) is 0.585. The zero-order valence-corrected chi connectivity index (χ0v) is 12.3. The number of hydrogen-bond acceptors (Lipinski definition) is 2. The molecule has 0 spiro atoms. The lowest BCUT2D eigenvalue weighted by molar-refractivity contribution is -0.128. The summed E-state index contributed by atoms with van der Waals surface area (Å²) in [5.41, 5.74) is -0.681. The van der Waals surface area contributed by atoms with Gasteiger partial charge in [0.05, 0.1) is 11.2 Å². The molecule has 1 heterocycles. The lowest BCUT2D eigenvalue weighted by atomic mass is 9.82. The van der Waals surface area contributed by atoms with Gasteiger partial charge in [0, 0.05) is 18.4 Å². The van der Waals surface area contributed by atoms with E-state index >= 15 is 0 Å². The molecule has 20 heavy (non-hydrogen) atoms. The van der Waals surface area contributed by atoms with Crippen molar-refractivity contribution in [2.75, 3.05) is 0 Å². The Morgan fingerprint density at radius 1 is 1.30 bits per heavy atom. The van der Waals surface area contributed by atoms with Gasteiger partial charge >= 0.3 is 0 Å². The van der Waals surface area contributed by atoms with Crippen LogP contribution in [0.2, 0.25) is 0 Å². The van der Waals surface area contributed by atoms with Crippen molar-refractivity contribution in [3.8, 4) is 0 Å². The maximum atomic E-state index is 13.6. The van der Waals surface area contributed by atoms with Crippen LogP contribution in [0.25, 0.3) is 0 Å². The minimum atomic E-state index is -0.672. The summed E-state index contributed by atoms with van der Waals surface area (Å²) in [6.45, 7) is 7.65. The zero-order valence-electron chi connectivity index (χ0n) is 12.3. The molecule has 110 valence electrons. The lowest BCUT2D eigenvalue weighted by Gasteiger charge is -2.26. The smallest absolute Gasteiger partial charge is 0.143 e. The number of rotatable bonds is 3. The van der Waals surface area contributed by atoms with Crippen LogP contribution < -0.4 is 0 Å². The Hall–Kier alpha value is -1.29. The van der Waals surface area contributed by atoms with Crippen LogP contribution in [0.3, 0.4) is 0 Å². The van der Waals surface area contributed by atoms with Gasteiger partial charge in [-0.05, 0) is 45.7 Å². The molecule has 0 aliphatic carbocycles. The van der Waals surface area contributed by atoms with Crippen LogP contribution in [0, 0.1) is 17.6 Å². The molecule has 0 bridgehead atoms. The summed E-state index contributed by atoms with van der Waals surface area (Å²) in [5.74, 6) is -1.65. The molecular formula is C16H20F2O2. The van der Waals surface area contributed by atoms with Gasteiger partial charge in [-0.15, -0.1) is 0 Å². The number of carbonyl (C=O) groups excluding carboxylic acids is 1. The minimum absolute atomic E-state index is 0.0281. The Kier molecular flexibility index (Phi) is 3.71. The number of ether oxygens (including phenoxy) is 1. The number of carbonyl (C=O) groups is 1. The maximum absolute atomic E-state index is 13.6. The predicted octanol–water partition coefficient (Wildman–Crippen LogP) is 3.67. The fourth-order valence-electron chi connectivity index (χ4n) is 3.04. The van der Waals surface area contributed by atoms with Crippen LogP contribution >= 0.6 is 0 Å². The van der Waals surface area contributed by atoms with Crippen molar-refractivity contribution >= 4 is 5.78 Å². The van der Waals surface area contributed by atoms with E-state index in [1.807, 2.05) is 27.7 Å². The summed E-state index contributed by atoms with van der Waals surface area (Å²) in [7, 11) is 0. The lowest BCUT2D eigenvalue weighted by Crippen LogP contribution is -2.34. The van der Waals surface area contributed by atoms with Gasteiger partial charge in [0.1, 0.15) is 17.4 Å². The molecule has 4 heteroatoms. The molecule has 2 nitrogen and oxygen atoms in total. The Balaban J connectivity index is 2.16. The number of benzene rings is 1. The Morgan fingerprint density at radius 2 is 1.95 bits per heavy atom. The summed E-state index contributed by atoms with van der Waals surface area (Å²) in [6, 6.07) is 3.31. The van der Waals surface area contributed by atoms with E-state index in [9.17, 15) is 13.6 Å². The first-order valence-electron chi connectivity index (χ1n) is 6.77. The number of ketones is 1. The molecule has 0 aromatic heterocycles. The van der Waals surface area contributed by atoms with E-state index in [0.717, 1.165) is 6.07 Å². The van der Waals surface area contributed by atoms with Crippen molar-refractivity contribution in [3.05, 3.63) is 35.4 Å². The third-order valence-electron chi connectivity index (χ3n) is 3.84. The highest BCUT2D eigenvalue weighted by Crippen LogP contribution is 2.42. The van der Waals surface area contributed by atoms with Gasteiger partial charge in [-0.3, -0.25) is 4.79 Å². The van der Waals surface area contributed by atoms with Gasteiger partial charge in [0.2, 0.25) is 0 Å². The molecule has 1 aliphatic heterocycles. The SMILES string of the molecule is CC1(C)CC(C(=O)Cc2ccc(F)cc2F)C(C)(C)O1. The standard InChI is InChI=1S/C16H20F2O2/c1-15(2)9-12(16(3,4)20-15)14(19)7-10-5-6-11(17)8-13(10)18/h5-6,8,12H,7,9H2,1-4H3. The topological polar surface area (TPSA) is 26.3 Å². The van der Waals surface area contributed by atoms with E-state index in [-0.39, 0.29) is 29.3 Å². The van der Waals surface area contributed by atoms with Crippen LogP contribution in [0.5, 0.6) is 0 Å². The second-order valence-corrected chi connectivity index (χ2v) is 6.60. The molecule has 1 unspecified atom stereocenters. The van der Waals surface area contributed by atoms with Crippen LogP contribution in [-0.4, -0.2) is 17.0 Å². The molecule has 2 rings (SSSR count). The van der Waals surface area contributed by atoms with Gasteiger partial charge in [0.15, 0.2) is 0 Å². The Morgan fingerprint density at radius 3 is 2.45 bits per heavy atom. The van der Waals surface area contributed by atoms with Gasteiger partial charge in [-0.25, -0.2) is 8.78 Å². The number of hydrogen-bond donors (Lipinski definition) is 0. The van der Waals surface area contributed by atoms with Crippen molar-refractivity contribution < 1.29 is 18.3 Å². The average Bonchev–Trinajstić information content (AvgIpc) is 2.50. The second kappa shape index (κ2) is 4.92. The van der Waals surface area contributed by atoms with Crippen LogP contribution in [0.1, 0.15) is 39.7 Å². The number of halogens is 2. The second-order valence-electron chi connectivity index (χ2n) is 6.60.